The monoisotopic (exact) mass is 185 g/mol. The number of nitrogens with zero attached hydrogens (tertiary/aromatic N) is 1. The zero-order valence-corrected chi connectivity index (χ0v) is 10.5. The van der Waals surface area contributed by atoms with Gasteiger partial charge in [-0.3, -0.25) is 0 Å². The van der Waals surface area contributed by atoms with Gasteiger partial charge >= 0.3 is 0 Å². The third kappa shape index (κ3) is 2.33. The Kier molecular flexibility index (Phi) is 3.35. The smallest absolute Gasteiger partial charge is 0.0929 e. The van der Waals surface area contributed by atoms with E-state index in [9.17, 15) is 0 Å². The number of hydrogen-bond acceptors (Lipinski definition) is 1. The minimum absolute atomic E-state index is 0.0277. The van der Waals surface area contributed by atoms with Crippen molar-refractivity contribution in [2.75, 3.05) is 0 Å². The minimum atomic E-state index is 0.0277. The molecule has 0 unspecified atom stereocenters. The van der Waals surface area contributed by atoms with Crippen LogP contribution in [0, 0.1) is 0 Å². The van der Waals surface area contributed by atoms with Crippen LogP contribution in [0.15, 0.2) is 0 Å². The molecule has 1 aliphatic carbocycles. The highest BCUT2D eigenvalue weighted by molar-refractivity contribution is 6.30. The highest BCUT2D eigenvalue weighted by atomic mass is 28.2. The molecule has 0 aromatic carbocycles. The Bertz CT molecular complexity index is 133. The SMILES string of the molecule is C[SiH2]N(C1CCCC1)C(C)(C)C. The van der Waals surface area contributed by atoms with E-state index in [1.165, 1.54) is 25.7 Å². The maximum Gasteiger partial charge on any atom is 0.0929 e. The summed E-state index contributed by atoms with van der Waals surface area (Å²) in [5.41, 5.74) is 0.427. The summed E-state index contributed by atoms with van der Waals surface area (Å²) < 4.78 is 2.79. The lowest BCUT2D eigenvalue weighted by Gasteiger charge is -2.39. The van der Waals surface area contributed by atoms with Gasteiger partial charge in [-0.25, -0.2) is 0 Å². The van der Waals surface area contributed by atoms with Crippen LogP contribution in [-0.2, 0) is 0 Å². The average Bonchev–Trinajstić information content (AvgIpc) is 2.38. The van der Waals surface area contributed by atoms with E-state index >= 15 is 0 Å². The molecule has 12 heavy (non-hydrogen) atoms. The summed E-state index contributed by atoms with van der Waals surface area (Å²) in [6.45, 7) is 9.51. The van der Waals surface area contributed by atoms with E-state index in [-0.39, 0.29) is 9.68 Å². The van der Waals surface area contributed by atoms with Crippen LogP contribution >= 0.6 is 0 Å². The molecule has 0 radical (unpaired) electrons. The molecule has 2 heteroatoms. The third-order valence-corrected chi connectivity index (χ3v) is 5.11. The summed E-state index contributed by atoms with van der Waals surface area (Å²) >= 11 is 0. The van der Waals surface area contributed by atoms with Crippen LogP contribution in [-0.4, -0.2) is 25.8 Å². The zero-order chi connectivity index (χ0) is 9.19. The normalized spacial score (nSPS) is 21.8. The second-order valence-electron chi connectivity index (χ2n) is 4.90. The summed E-state index contributed by atoms with van der Waals surface area (Å²) in [7, 11) is 0.0277. The van der Waals surface area contributed by atoms with Gasteiger partial charge in [0.25, 0.3) is 0 Å². The first-order valence-electron chi connectivity index (χ1n) is 5.32. The van der Waals surface area contributed by atoms with Crippen LogP contribution < -0.4 is 0 Å². The van der Waals surface area contributed by atoms with E-state index in [1.807, 2.05) is 0 Å². The third-order valence-electron chi connectivity index (χ3n) is 2.97. The molecule has 1 nitrogen and oxygen atoms in total. The summed E-state index contributed by atoms with van der Waals surface area (Å²) in [6.07, 6.45) is 5.84. The van der Waals surface area contributed by atoms with E-state index < -0.39 is 0 Å². The van der Waals surface area contributed by atoms with Crippen molar-refractivity contribution >= 4 is 9.68 Å². The fraction of sp³-hybridized carbons (Fsp3) is 1.00. The van der Waals surface area contributed by atoms with E-state index in [2.05, 4.69) is 31.9 Å². The molecule has 0 bridgehead atoms. The lowest BCUT2D eigenvalue weighted by Crippen LogP contribution is -2.48. The first kappa shape index (κ1) is 10.3. The molecule has 0 amide bonds. The number of rotatable bonds is 2. The highest BCUT2D eigenvalue weighted by Gasteiger charge is 2.28. The van der Waals surface area contributed by atoms with E-state index in [0.717, 1.165) is 6.04 Å². The van der Waals surface area contributed by atoms with Gasteiger partial charge in [0.05, 0.1) is 9.68 Å². The standard InChI is InChI=1S/C10H23NSi/c1-10(2,3)11(12-4)9-7-5-6-8-9/h9H,5-8,12H2,1-4H3. The van der Waals surface area contributed by atoms with Crippen molar-refractivity contribution in [2.45, 2.75) is 64.6 Å². The molecule has 0 heterocycles. The quantitative estimate of drug-likeness (QED) is 0.596. The molecule has 1 saturated carbocycles. The summed E-state index contributed by atoms with van der Waals surface area (Å²) in [4.78, 5) is 0. The Labute approximate surface area is 79.4 Å². The van der Waals surface area contributed by atoms with Crippen LogP contribution in [0.4, 0.5) is 0 Å². The van der Waals surface area contributed by atoms with Crippen LogP contribution in [0.1, 0.15) is 46.5 Å². The van der Waals surface area contributed by atoms with Crippen LogP contribution in [0.3, 0.4) is 0 Å². The van der Waals surface area contributed by atoms with Crippen LogP contribution in [0.25, 0.3) is 0 Å². The lowest BCUT2D eigenvalue weighted by atomic mass is 10.1. The Balaban J connectivity index is 2.54. The average molecular weight is 185 g/mol. The van der Waals surface area contributed by atoms with Gasteiger partial charge in [-0.15, -0.1) is 0 Å². The van der Waals surface area contributed by atoms with Crippen LogP contribution in [0.2, 0.25) is 6.55 Å². The van der Waals surface area contributed by atoms with Crippen molar-refractivity contribution in [2.24, 2.45) is 0 Å². The predicted octanol–water partition coefficient (Wildman–Crippen LogP) is 2.16. The first-order valence-corrected chi connectivity index (χ1v) is 7.37. The highest BCUT2D eigenvalue weighted by Crippen LogP contribution is 2.27. The molecule has 1 rings (SSSR count). The molecule has 0 N–H and O–H groups in total. The molecular weight excluding hydrogens is 162 g/mol. The summed E-state index contributed by atoms with van der Waals surface area (Å²) in [5, 5.41) is 0. The van der Waals surface area contributed by atoms with Gasteiger partial charge in [0, 0.05) is 11.6 Å². The molecule has 0 atom stereocenters. The molecule has 1 fully saturated rings. The fourth-order valence-corrected chi connectivity index (χ4v) is 4.33. The molecule has 0 saturated heterocycles. The van der Waals surface area contributed by atoms with Crippen LogP contribution in [0.5, 0.6) is 0 Å². The topological polar surface area (TPSA) is 3.24 Å². The number of hydrogen-bond donors (Lipinski definition) is 0. The maximum atomic E-state index is 2.79. The molecule has 72 valence electrons. The Morgan fingerprint density at radius 1 is 1.17 bits per heavy atom. The predicted molar refractivity (Wildman–Crippen MR) is 58.3 cm³/mol. The summed E-state index contributed by atoms with van der Waals surface area (Å²) in [6, 6.07) is 0.932. The van der Waals surface area contributed by atoms with Gasteiger partial charge in [0.2, 0.25) is 0 Å². The van der Waals surface area contributed by atoms with Crippen molar-refractivity contribution in [1.29, 1.82) is 0 Å². The minimum Gasteiger partial charge on any atom is -0.322 e. The van der Waals surface area contributed by atoms with Crippen molar-refractivity contribution in [1.82, 2.24) is 4.57 Å². The maximum absolute atomic E-state index is 2.79. The van der Waals surface area contributed by atoms with Gasteiger partial charge in [-0.05, 0) is 33.6 Å². The molecular formula is C10H23NSi. The molecule has 0 spiro atoms. The van der Waals surface area contributed by atoms with E-state index in [1.54, 1.807) is 0 Å². The first-order chi connectivity index (χ1) is 5.55. The summed E-state index contributed by atoms with van der Waals surface area (Å²) in [5.74, 6) is 0. The second kappa shape index (κ2) is 3.92. The Morgan fingerprint density at radius 2 is 1.67 bits per heavy atom. The van der Waals surface area contributed by atoms with Gasteiger partial charge in [0.15, 0.2) is 0 Å². The molecule has 0 aromatic rings. The molecule has 1 aliphatic rings. The van der Waals surface area contributed by atoms with Crippen molar-refractivity contribution < 1.29 is 0 Å². The van der Waals surface area contributed by atoms with Gasteiger partial charge in [-0.1, -0.05) is 19.4 Å². The van der Waals surface area contributed by atoms with E-state index in [0.29, 0.717) is 5.54 Å². The molecule has 0 aromatic heterocycles. The second-order valence-corrected chi connectivity index (χ2v) is 6.21. The largest absolute Gasteiger partial charge is 0.322 e. The van der Waals surface area contributed by atoms with Crippen molar-refractivity contribution in [3.05, 3.63) is 0 Å². The fourth-order valence-electron chi connectivity index (χ4n) is 2.50. The lowest BCUT2D eigenvalue weighted by molar-refractivity contribution is 0.193. The van der Waals surface area contributed by atoms with Gasteiger partial charge in [0.1, 0.15) is 0 Å². The zero-order valence-electron chi connectivity index (χ0n) is 9.06. The van der Waals surface area contributed by atoms with Gasteiger partial charge in [-0.2, -0.15) is 0 Å². The molecule has 0 aliphatic heterocycles. The van der Waals surface area contributed by atoms with Crippen molar-refractivity contribution in [3.63, 3.8) is 0 Å². The Hall–Kier alpha value is 0.177. The van der Waals surface area contributed by atoms with Crippen molar-refractivity contribution in [3.8, 4) is 0 Å². The van der Waals surface area contributed by atoms with Gasteiger partial charge < -0.3 is 4.57 Å². The van der Waals surface area contributed by atoms with E-state index in [4.69, 9.17) is 0 Å². The Morgan fingerprint density at radius 3 is 2.00 bits per heavy atom.